The molecule has 4 nitrogen and oxygen atoms in total. The molecule has 2 unspecified atom stereocenters. The zero-order valence-electron chi connectivity index (χ0n) is 11.3. The first-order valence-electron chi connectivity index (χ1n) is 7.04. The van der Waals surface area contributed by atoms with Crippen LogP contribution in [0.1, 0.15) is 46.0 Å². The molecule has 2 fully saturated rings. The van der Waals surface area contributed by atoms with E-state index in [0.29, 0.717) is 12.3 Å². The quantitative estimate of drug-likeness (QED) is 0.820. The Hall–Kier alpha value is -1.06. The summed E-state index contributed by atoms with van der Waals surface area (Å²) in [4.78, 5) is 25.7. The number of hydrogen-bond donors (Lipinski definition) is 1. The first kappa shape index (κ1) is 13.4. The van der Waals surface area contributed by atoms with Gasteiger partial charge in [-0.25, -0.2) is 0 Å². The van der Waals surface area contributed by atoms with E-state index in [2.05, 4.69) is 6.92 Å². The fraction of sp³-hybridized carbons (Fsp3) is 0.857. The van der Waals surface area contributed by atoms with Crippen molar-refractivity contribution in [2.75, 3.05) is 6.54 Å². The Morgan fingerprint density at radius 1 is 1.11 bits per heavy atom. The summed E-state index contributed by atoms with van der Waals surface area (Å²) in [5, 5.41) is 9.24. The van der Waals surface area contributed by atoms with Gasteiger partial charge < -0.3 is 10.0 Å². The topological polar surface area (TPSA) is 57.6 Å². The van der Waals surface area contributed by atoms with E-state index in [9.17, 15) is 14.7 Å². The first-order chi connectivity index (χ1) is 8.50. The minimum absolute atomic E-state index is 0.0824. The number of carbonyl (C=O) groups is 2. The lowest BCUT2D eigenvalue weighted by Gasteiger charge is -2.36. The summed E-state index contributed by atoms with van der Waals surface area (Å²) in [6.07, 6.45) is 4.66. The van der Waals surface area contributed by atoms with Gasteiger partial charge in [-0.05, 0) is 44.9 Å². The zero-order chi connectivity index (χ0) is 13.3. The van der Waals surface area contributed by atoms with Crippen LogP contribution in [-0.2, 0) is 9.59 Å². The molecule has 4 atom stereocenters. The van der Waals surface area contributed by atoms with Crippen molar-refractivity contribution < 1.29 is 14.7 Å². The summed E-state index contributed by atoms with van der Waals surface area (Å²) in [7, 11) is 0. The molecule has 0 radical (unpaired) electrons. The standard InChI is InChI=1S/C14H23NO3/c1-9-7-11(12(8-9)14(17)18)13(16)15-6-4-3-5-10(15)2/h9-12H,3-8H2,1-2H3,(H,17,18)/t9?,10?,11-,12+/m0/s1. The van der Waals surface area contributed by atoms with Crippen molar-refractivity contribution in [1.82, 2.24) is 4.90 Å². The number of rotatable bonds is 2. The molecule has 0 aromatic rings. The highest BCUT2D eigenvalue weighted by molar-refractivity contribution is 5.85. The Morgan fingerprint density at radius 2 is 1.78 bits per heavy atom. The molecule has 2 rings (SSSR count). The van der Waals surface area contributed by atoms with Crippen LogP contribution in [-0.4, -0.2) is 34.5 Å². The lowest BCUT2D eigenvalue weighted by Crippen LogP contribution is -2.46. The fourth-order valence-corrected chi connectivity index (χ4v) is 3.48. The molecule has 1 heterocycles. The van der Waals surface area contributed by atoms with Crippen LogP contribution in [0.25, 0.3) is 0 Å². The maximum atomic E-state index is 12.5. The van der Waals surface area contributed by atoms with Crippen LogP contribution in [0.3, 0.4) is 0 Å². The monoisotopic (exact) mass is 253 g/mol. The number of aliphatic carboxylic acids is 1. The van der Waals surface area contributed by atoms with Gasteiger partial charge in [0.15, 0.2) is 0 Å². The van der Waals surface area contributed by atoms with Gasteiger partial charge in [0.2, 0.25) is 5.91 Å². The number of piperidine rings is 1. The zero-order valence-corrected chi connectivity index (χ0v) is 11.3. The lowest BCUT2D eigenvalue weighted by molar-refractivity contribution is -0.150. The number of carboxylic acids is 1. The number of hydrogen-bond acceptors (Lipinski definition) is 2. The molecule has 1 amide bonds. The molecule has 4 heteroatoms. The summed E-state index contributed by atoms with van der Waals surface area (Å²) < 4.78 is 0. The van der Waals surface area contributed by atoms with E-state index >= 15 is 0 Å². The van der Waals surface area contributed by atoms with E-state index < -0.39 is 11.9 Å². The van der Waals surface area contributed by atoms with Gasteiger partial charge in [0, 0.05) is 12.6 Å². The minimum atomic E-state index is -0.803. The van der Waals surface area contributed by atoms with Crippen molar-refractivity contribution in [3.05, 3.63) is 0 Å². The molecule has 2 aliphatic rings. The fourth-order valence-electron chi connectivity index (χ4n) is 3.48. The van der Waals surface area contributed by atoms with Gasteiger partial charge >= 0.3 is 5.97 Å². The van der Waals surface area contributed by atoms with Crippen LogP contribution < -0.4 is 0 Å². The molecule has 0 aromatic heterocycles. The molecule has 0 bridgehead atoms. The molecule has 1 saturated carbocycles. The van der Waals surface area contributed by atoms with Gasteiger partial charge in [-0.15, -0.1) is 0 Å². The van der Waals surface area contributed by atoms with E-state index in [4.69, 9.17) is 0 Å². The van der Waals surface area contributed by atoms with Gasteiger partial charge in [0.25, 0.3) is 0 Å². The van der Waals surface area contributed by atoms with Crippen LogP contribution in [0, 0.1) is 17.8 Å². The Morgan fingerprint density at radius 3 is 2.39 bits per heavy atom. The molecular formula is C14H23NO3. The van der Waals surface area contributed by atoms with E-state index in [1.54, 1.807) is 0 Å². The highest BCUT2D eigenvalue weighted by atomic mass is 16.4. The number of amides is 1. The number of carboxylic acid groups (broad SMARTS) is 1. The number of likely N-dealkylation sites (tertiary alicyclic amines) is 1. The van der Waals surface area contributed by atoms with Gasteiger partial charge in [-0.2, -0.15) is 0 Å². The van der Waals surface area contributed by atoms with Gasteiger partial charge in [-0.3, -0.25) is 9.59 Å². The predicted molar refractivity (Wildman–Crippen MR) is 68.0 cm³/mol. The third kappa shape index (κ3) is 2.52. The summed E-state index contributed by atoms with van der Waals surface area (Å²) >= 11 is 0. The Kier molecular flexibility index (Phi) is 3.93. The molecule has 18 heavy (non-hydrogen) atoms. The molecule has 1 aliphatic carbocycles. The number of nitrogens with zero attached hydrogens (tertiary/aromatic N) is 1. The first-order valence-corrected chi connectivity index (χ1v) is 7.04. The summed E-state index contributed by atoms with van der Waals surface area (Å²) in [5.74, 6) is -1.14. The van der Waals surface area contributed by atoms with E-state index in [0.717, 1.165) is 25.8 Å². The van der Waals surface area contributed by atoms with E-state index in [1.807, 2.05) is 11.8 Å². The van der Waals surface area contributed by atoms with Crippen molar-refractivity contribution in [3.63, 3.8) is 0 Å². The molecule has 1 N–H and O–H groups in total. The largest absolute Gasteiger partial charge is 0.481 e. The second kappa shape index (κ2) is 5.29. The van der Waals surface area contributed by atoms with Crippen molar-refractivity contribution in [3.8, 4) is 0 Å². The third-order valence-corrected chi connectivity index (χ3v) is 4.52. The summed E-state index contributed by atoms with van der Waals surface area (Å²) in [5.41, 5.74) is 0. The lowest BCUT2D eigenvalue weighted by atomic mass is 9.92. The van der Waals surface area contributed by atoms with Crippen LogP contribution in [0.5, 0.6) is 0 Å². The van der Waals surface area contributed by atoms with Crippen LogP contribution in [0.15, 0.2) is 0 Å². The van der Waals surface area contributed by atoms with Crippen molar-refractivity contribution in [1.29, 1.82) is 0 Å². The smallest absolute Gasteiger partial charge is 0.307 e. The minimum Gasteiger partial charge on any atom is -0.481 e. The second-order valence-corrected chi connectivity index (χ2v) is 6.00. The highest BCUT2D eigenvalue weighted by Gasteiger charge is 2.43. The van der Waals surface area contributed by atoms with Crippen LogP contribution in [0.4, 0.5) is 0 Å². The Balaban J connectivity index is 2.09. The normalized spacial score (nSPS) is 36.7. The number of carbonyl (C=O) groups excluding carboxylic acids is 1. The van der Waals surface area contributed by atoms with Crippen molar-refractivity contribution in [2.24, 2.45) is 17.8 Å². The Labute approximate surface area is 108 Å². The molecule has 102 valence electrons. The van der Waals surface area contributed by atoms with Crippen molar-refractivity contribution in [2.45, 2.75) is 52.0 Å². The average Bonchev–Trinajstić information content (AvgIpc) is 2.71. The maximum absolute atomic E-state index is 12.5. The van der Waals surface area contributed by atoms with Gasteiger partial charge in [0.1, 0.15) is 0 Å². The molecule has 1 aliphatic heterocycles. The third-order valence-electron chi connectivity index (χ3n) is 4.52. The van der Waals surface area contributed by atoms with Crippen LogP contribution in [0.2, 0.25) is 0 Å². The van der Waals surface area contributed by atoms with E-state index in [1.165, 1.54) is 6.42 Å². The van der Waals surface area contributed by atoms with Crippen molar-refractivity contribution >= 4 is 11.9 Å². The average molecular weight is 253 g/mol. The van der Waals surface area contributed by atoms with E-state index in [-0.39, 0.29) is 17.9 Å². The SMILES string of the molecule is CC1C[C@H](C(=O)N2CCCCC2C)[C@H](C(=O)O)C1. The predicted octanol–water partition coefficient (Wildman–Crippen LogP) is 2.13. The highest BCUT2D eigenvalue weighted by Crippen LogP contribution is 2.38. The van der Waals surface area contributed by atoms with Gasteiger partial charge in [-0.1, -0.05) is 6.92 Å². The second-order valence-electron chi connectivity index (χ2n) is 6.00. The summed E-state index contributed by atoms with van der Waals surface area (Å²) in [6, 6.07) is 0.275. The molecular weight excluding hydrogens is 230 g/mol. The maximum Gasteiger partial charge on any atom is 0.307 e. The Bertz CT molecular complexity index is 342. The van der Waals surface area contributed by atoms with Crippen LogP contribution >= 0.6 is 0 Å². The van der Waals surface area contributed by atoms with Gasteiger partial charge in [0.05, 0.1) is 11.8 Å². The summed E-state index contributed by atoms with van der Waals surface area (Å²) in [6.45, 7) is 4.92. The molecule has 1 saturated heterocycles. The molecule has 0 spiro atoms. The molecule has 0 aromatic carbocycles.